The van der Waals surface area contributed by atoms with Crippen LogP contribution in [0.2, 0.25) is 0 Å². The van der Waals surface area contributed by atoms with E-state index in [0.717, 1.165) is 25.1 Å². The number of nitrogens with one attached hydrogen (secondary N) is 3. The molecule has 3 N–H and O–H groups in total. The molecule has 3 rings (SSSR count). The lowest BCUT2D eigenvalue weighted by molar-refractivity contribution is 0.0942. The molecule has 1 unspecified atom stereocenters. The predicted octanol–water partition coefficient (Wildman–Crippen LogP) is 2.54. The van der Waals surface area contributed by atoms with E-state index < -0.39 is 11.7 Å². The highest BCUT2D eigenvalue weighted by atomic mass is 32.1. The van der Waals surface area contributed by atoms with Crippen molar-refractivity contribution in [1.29, 1.82) is 0 Å². The van der Waals surface area contributed by atoms with Crippen LogP contribution in [-0.4, -0.2) is 30.9 Å². The number of halogens is 1. The third-order valence-corrected chi connectivity index (χ3v) is 4.99. The number of thiophene rings is 1. The highest BCUT2D eigenvalue weighted by Crippen LogP contribution is 2.27. The van der Waals surface area contributed by atoms with E-state index in [0.29, 0.717) is 9.88 Å². The Morgan fingerprint density at radius 3 is 2.83 bits per heavy atom. The molecule has 1 aromatic heterocycles. The number of aryl methyl sites for hydroxylation is 1. The number of anilines is 1. The number of hydrogen-bond acceptors (Lipinski definition) is 4. The fourth-order valence-corrected chi connectivity index (χ4v) is 3.58. The van der Waals surface area contributed by atoms with Crippen molar-refractivity contribution in [2.45, 2.75) is 19.4 Å². The number of carbonyl (C=O) groups is 2. The summed E-state index contributed by atoms with van der Waals surface area (Å²) < 4.78 is 13.2. The van der Waals surface area contributed by atoms with Crippen molar-refractivity contribution in [2.75, 3.05) is 18.4 Å². The second kappa shape index (κ2) is 7.11. The first-order valence-corrected chi connectivity index (χ1v) is 8.53. The number of hydrogen-bond donors (Lipinski definition) is 3. The summed E-state index contributed by atoms with van der Waals surface area (Å²) in [6.45, 7) is 3.51. The minimum Gasteiger partial charge on any atom is -0.347 e. The molecule has 7 heteroatoms. The molecule has 0 radical (unpaired) electrons. The highest BCUT2D eigenvalue weighted by Gasteiger charge is 2.21. The van der Waals surface area contributed by atoms with E-state index in [9.17, 15) is 14.0 Å². The quantitative estimate of drug-likeness (QED) is 0.796. The Bertz CT molecular complexity index is 769. The monoisotopic (exact) mass is 347 g/mol. The molecule has 1 saturated heterocycles. The lowest BCUT2D eigenvalue weighted by Gasteiger charge is -2.10. The van der Waals surface area contributed by atoms with Gasteiger partial charge in [-0.1, -0.05) is 6.07 Å². The summed E-state index contributed by atoms with van der Waals surface area (Å²) in [5.41, 5.74) is 1.04. The van der Waals surface area contributed by atoms with E-state index in [2.05, 4.69) is 16.0 Å². The van der Waals surface area contributed by atoms with E-state index in [1.165, 1.54) is 29.5 Å². The van der Waals surface area contributed by atoms with Crippen LogP contribution in [0.3, 0.4) is 0 Å². The van der Waals surface area contributed by atoms with Gasteiger partial charge in [-0.15, -0.1) is 11.3 Å². The van der Waals surface area contributed by atoms with Crippen LogP contribution in [0.25, 0.3) is 0 Å². The molecule has 24 heavy (non-hydrogen) atoms. The number of rotatable bonds is 4. The SMILES string of the molecule is Cc1cc(NC(=O)c2cccc(F)c2)sc1C(=O)NC1CCNC1. The zero-order chi connectivity index (χ0) is 17.1. The summed E-state index contributed by atoms with van der Waals surface area (Å²) in [5.74, 6) is -0.990. The molecule has 5 nitrogen and oxygen atoms in total. The first kappa shape index (κ1) is 16.6. The normalized spacial score (nSPS) is 16.8. The van der Waals surface area contributed by atoms with Crippen molar-refractivity contribution < 1.29 is 14.0 Å². The molecule has 2 aromatic rings. The maximum Gasteiger partial charge on any atom is 0.261 e. The third-order valence-electron chi connectivity index (χ3n) is 3.84. The van der Waals surface area contributed by atoms with Gasteiger partial charge in [-0.2, -0.15) is 0 Å². The van der Waals surface area contributed by atoms with E-state index in [1.807, 2.05) is 6.92 Å². The molecule has 0 bridgehead atoms. The molecule has 126 valence electrons. The Morgan fingerprint density at radius 1 is 1.29 bits per heavy atom. The Morgan fingerprint density at radius 2 is 2.12 bits per heavy atom. The second-order valence-corrected chi connectivity index (χ2v) is 6.80. The van der Waals surface area contributed by atoms with Gasteiger partial charge in [-0.3, -0.25) is 9.59 Å². The van der Waals surface area contributed by atoms with Crippen molar-refractivity contribution in [1.82, 2.24) is 10.6 Å². The topological polar surface area (TPSA) is 70.2 Å². The third kappa shape index (κ3) is 3.80. The molecule has 2 heterocycles. The number of carbonyl (C=O) groups excluding carboxylic acids is 2. The van der Waals surface area contributed by atoms with Gasteiger partial charge in [0.15, 0.2) is 0 Å². The molecule has 1 aliphatic rings. The average molecular weight is 347 g/mol. The molecular formula is C17H18FN3O2S. The summed E-state index contributed by atoms with van der Waals surface area (Å²) in [6, 6.07) is 7.38. The summed E-state index contributed by atoms with van der Waals surface area (Å²) in [6.07, 6.45) is 0.916. The molecule has 1 fully saturated rings. The molecular weight excluding hydrogens is 329 g/mol. The van der Waals surface area contributed by atoms with Crippen LogP contribution in [0.4, 0.5) is 9.39 Å². The van der Waals surface area contributed by atoms with Gasteiger partial charge in [-0.25, -0.2) is 4.39 Å². The van der Waals surface area contributed by atoms with Gasteiger partial charge in [0.25, 0.3) is 11.8 Å². The van der Waals surface area contributed by atoms with Crippen molar-refractivity contribution >= 4 is 28.2 Å². The first-order valence-electron chi connectivity index (χ1n) is 7.72. The van der Waals surface area contributed by atoms with Crippen LogP contribution in [0.15, 0.2) is 30.3 Å². The van der Waals surface area contributed by atoms with Crippen LogP contribution in [0, 0.1) is 12.7 Å². The van der Waals surface area contributed by atoms with E-state index in [-0.39, 0.29) is 17.5 Å². The van der Waals surface area contributed by atoms with Gasteiger partial charge in [0.2, 0.25) is 0 Å². The number of amides is 2. The van der Waals surface area contributed by atoms with Crippen LogP contribution in [0.5, 0.6) is 0 Å². The smallest absolute Gasteiger partial charge is 0.261 e. The first-order chi connectivity index (χ1) is 11.5. The zero-order valence-electron chi connectivity index (χ0n) is 13.2. The lowest BCUT2D eigenvalue weighted by atomic mass is 10.2. The summed E-state index contributed by atoms with van der Waals surface area (Å²) >= 11 is 1.22. The molecule has 1 aromatic carbocycles. The zero-order valence-corrected chi connectivity index (χ0v) is 14.0. The Balaban J connectivity index is 1.69. The van der Waals surface area contributed by atoms with Gasteiger partial charge in [0, 0.05) is 18.2 Å². The largest absolute Gasteiger partial charge is 0.347 e. The Labute approximate surface area is 143 Å². The number of benzene rings is 1. The molecule has 1 atom stereocenters. The van der Waals surface area contributed by atoms with Crippen molar-refractivity contribution in [3.63, 3.8) is 0 Å². The van der Waals surface area contributed by atoms with Crippen LogP contribution in [0.1, 0.15) is 32.0 Å². The van der Waals surface area contributed by atoms with Crippen molar-refractivity contribution in [3.8, 4) is 0 Å². The molecule has 0 saturated carbocycles. The minimum atomic E-state index is -0.463. The molecule has 0 aliphatic carbocycles. The molecule has 1 aliphatic heterocycles. The van der Waals surface area contributed by atoms with Crippen molar-refractivity contribution in [2.24, 2.45) is 0 Å². The average Bonchev–Trinajstić information content (AvgIpc) is 3.17. The minimum absolute atomic E-state index is 0.127. The Kier molecular flexibility index (Phi) is 4.92. The predicted molar refractivity (Wildman–Crippen MR) is 92.2 cm³/mol. The van der Waals surface area contributed by atoms with Gasteiger partial charge in [0.1, 0.15) is 5.82 Å². The maximum atomic E-state index is 13.2. The van der Waals surface area contributed by atoms with Crippen LogP contribution in [-0.2, 0) is 0 Å². The van der Waals surface area contributed by atoms with Crippen molar-refractivity contribution in [3.05, 3.63) is 52.2 Å². The van der Waals surface area contributed by atoms with Gasteiger partial charge in [-0.05, 0) is 49.7 Å². The summed E-state index contributed by atoms with van der Waals surface area (Å²) in [7, 11) is 0. The fraction of sp³-hybridized carbons (Fsp3) is 0.294. The summed E-state index contributed by atoms with van der Waals surface area (Å²) in [4.78, 5) is 25.1. The maximum absolute atomic E-state index is 13.2. The van der Waals surface area contributed by atoms with E-state index in [1.54, 1.807) is 12.1 Å². The fourth-order valence-electron chi connectivity index (χ4n) is 2.61. The van der Waals surface area contributed by atoms with E-state index >= 15 is 0 Å². The van der Waals surface area contributed by atoms with E-state index in [4.69, 9.17) is 0 Å². The van der Waals surface area contributed by atoms with Crippen LogP contribution >= 0.6 is 11.3 Å². The van der Waals surface area contributed by atoms with Crippen LogP contribution < -0.4 is 16.0 Å². The van der Waals surface area contributed by atoms with Gasteiger partial charge in [0.05, 0.1) is 9.88 Å². The standard InChI is InChI=1S/C17H18FN3O2S/c1-10-7-14(21-16(22)11-3-2-4-12(18)8-11)24-15(10)17(23)20-13-5-6-19-9-13/h2-4,7-8,13,19H,5-6,9H2,1H3,(H,20,23)(H,21,22). The molecule has 0 spiro atoms. The second-order valence-electron chi connectivity index (χ2n) is 5.75. The summed E-state index contributed by atoms with van der Waals surface area (Å²) in [5, 5.41) is 9.47. The lowest BCUT2D eigenvalue weighted by Crippen LogP contribution is -2.36. The highest BCUT2D eigenvalue weighted by molar-refractivity contribution is 7.18. The van der Waals surface area contributed by atoms with Gasteiger partial charge >= 0.3 is 0 Å². The Hall–Kier alpha value is -2.25. The van der Waals surface area contributed by atoms with Gasteiger partial charge < -0.3 is 16.0 Å². The molecule has 2 amide bonds.